The number of hydrogen-bond acceptors (Lipinski definition) is 4. The van der Waals surface area contributed by atoms with Gasteiger partial charge in [-0.25, -0.2) is 10.8 Å². The molecule has 1 aliphatic carbocycles. The normalized spacial score (nSPS) is 17.6. The summed E-state index contributed by atoms with van der Waals surface area (Å²) in [5.74, 6) is 6.23. The lowest BCUT2D eigenvalue weighted by Gasteiger charge is -2.28. The molecule has 0 aromatic carbocycles. The zero-order valence-electron chi connectivity index (χ0n) is 11.7. The van der Waals surface area contributed by atoms with Crippen molar-refractivity contribution in [2.45, 2.75) is 45.1 Å². The first-order valence-electron chi connectivity index (χ1n) is 7.05. The molecule has 1 fully saturated rings. The molecule has 0 aliphatic heterocycles. The highest BCUT2D eigenvalue weighted by Gasteiger charge is 2.23. The molecule has 5 nitrogen and oxygen atoms in total. The highest BCUT2D eigenvalue weighted by Crippen LogP contribution is 2.26. The van der Waals surface area contributed by atoms with Gasteiger partial charge in [0.05, 0.1) is 5.56 Å². The van der Waals surface area contributed by atoms with Gasteiger partial charge in [0.25, 0.3) is 5.91 Å². The Morgan fingerprint density at radius 2 is 2.15 bits per heavy atom. The molecule has 1 aromatic rings. The van der Waals surface area contributed by atoms with Gasteiger partial charge in [0.2, 0.25) is 0 Å². The van der Waals surface area contributed by atoms with E-state index < -0.39 is 0 Å². The average molecular weight is 341 g/mol. The zero-order valence-corrected chi connectivity index (χ0v) is 13.2. The summed E-state index contributed by atoms with van der Waals surface area (Å²) >= 11 is 3.33. The van der Waals surface area contributed by atoms with Crippen LogP contribution in [-0.4, -0.2) is 16.9 Å². The number of nitrogens with one attached hydrogen (secondary N) is 2. The van der Waals surface area contributed by atoms with Crippen molar-refractivity contribution in [1.29, 1.82) is 0 Å². The summed E-state index contributed by atoms with van der Waals surface area (Å²) < 4.78 is 0.756. The van der Waals surface area contributed by atoms with E-state index in [0.717, 1.165) is 4.47 Å². The fraction of sp³-hybridized carbons (Fsp3) is 0.571. The number of anilines is 1. The number of pyridine rings is 1. The number of nitrogens with two attached hydrogens (primary N) is 1. The van der Waals surface area contributed by atoms with Crippen LogP contribution in [0.3, 0.4) is 0 Å². The summed E-state index contributed by atoms with van der Waals surface area (Å²) in [6.45, 7) is 2.08. The molecule has 0 spiro atoms. The molecule has 110 valence electrons. The fourth-order valence-electron chi connectivity index (χ4n) is 2.76. The predicted molar refractivity (Wildman–Crippen MR) is 83.3 cm³/mol. The molecule has 4 N–H and O–H groups in total. The van der Waals surface area contributed by atoms with Gasteiger partial charge in [-0.05, 0) is 47.7 Å². The van der Waals surface area contributed by atoms with Crippen molar-refractivity contribution < 1.29 is 4.79 Å². The topological polar surface area (TPSA) is 80.0 Å². The van der Waals surface area contributed by atoms with E-state index in [2.05, 4.69) is 38.6 Å². The molecule has 1 aliphatic rings. The van der Waals surface area contributed by atoms with Crippen molar-refractivity contribution >= 4 is 27.7 Å². The quantitative estimate of drug-likeness (QED) is 0.581. The minimum atomic E-state index is -0.134. The maximum atomic E-state index is 12.4. The van der Waals surface area contributed by atoms with Crippen LogP contribution in [0.4, 0.5) is 5.82 Å². The molecule has 6 heteroatoms. The Morgan fingerprint density at radius 1 is 1.45 bits per heavy atom. The minimum Gasteiger partial charge on any atom is -0.349 e. The van der Waals surface area contributed by atoms with Crippen molar-refractivity contribution in [3.05, 3.63) is 22.3 Å². The third-order valence-electron chi connectivity index (χ3n) is 3.95. The van der Waals surface area contributed by atoms with Crippen LogP contribution >= 0.6 is 15.9 Å². The Balaban J connectivity index is 2.05. The van der Waals surface area contributed by atoms with Crippen molar-refractivity contribution in [2.24, 2.45) is 11.8 Å². The standard InChI is InChI=1S/C14H21BrN4O/c1-9(10-5-3-2-4-6-10)18-14(20)12-7-11(15)8-17-13(12)19-16/h7-10H,2-6,16H2,1H3,(H,17,19)(H,18,20). The maximum absolute atomic E-state index is 12.4. The molecular weight excluding hydrogens is 320 g/mol. The Hall–Kier alpha value is -1.14. The van der Waals surface area contributed by atoms with E-state index >= 15 is 0 Å². The van der Waals surface area contributed by atoms with Gasteiger partial charge in [0.15, 0.2) is 5.82 Å². The number of hydrazine groups is 1. The SMILES string of the molecule is CC(NC(=O)c1cc(Br)cnc1NN)C1CCCCC1. The molecule has 1 heterocycles. The van der Waals surface area contributed by atoms with Gasteiger partial charge in [-0.15, -0.1) is 0 Å². The number of aromatic nitrogens is 1. The number of amides is 1. The van der Waals surface area contributed by atoms with Gasteiger partial charge in [-0.3, -0.25) is 4.79 Å². The van der Waals surface area contributed by atoms with E-state index in [9.17, 15) is 4.79 Å². The number of nitrogens with zero attached hydrogens (tertiary/aromatic N) is 1. The van der Waals surface area contributed by atoms with Crippen LogP contribution in [-0.2, 0) is 0 Å². The van der Waals surface area contributed by atoms with Crippen LogP contribution in [0.5, 0.6) is 0 Å². The Kier molecular flexibility index (Phi) is 5.37. The first-order chi connectivity index (χ1) is 9.61. The molecule has 1 amide bonds. The summed E-state index contributed by atoms with van der Waals surface area (Å²) in [4.78, 5) is 16.5. The monoisotopic (exact) mass is 340 g/mol. The summed E-state index contributed by atoms with van der Waals surface area (Å²) in [5.41, 5.74) is 2.93. The van der Waals surface area contributed by atoms with Crippen LogP contribution < -0.4 is 16.6 Å². The number of hydrogen-bond donors (Lipinski definition) is 3. The molecule has 20 heavy (non-hydrogen) atoms. The Labute approximate surface area is 127 Å². The molecule has 1 saturated carbocycles. The maximum Gasteiger partial charge on any atom is 0.255 e. The van der Waals surface area contributed by atoms with Gasteiger partial charge in [0, 0.05) is 16.7 Å². The number of carbonyl (C=O) groups is 1. The second kappa shape index (κ2) is 7.04. The number of halogens is 1. The lowest BCUT2D eigenvalue weighted by Crippen LogP contribution is -2.39. The van der Waals surface area contributed by atoms with Crippen LogP contribution in [0.15, 0.2) is 16.7 Å². The first-order valence-corrected chi connectivity index (χ1v) is 7.84. The molecule has 1 unspecified atom stereocenters. The van der Waals surface area contributed by atoms with E-state index in [1.807, 2.05) is 0 Å². The van der Waals surface area contributed by atoms with Crippen LogP contribution in [0.2, 0.25) is 0 Å². The third kappa shape index (κ3) is 3.70. The molecular formula is C14H21BrN4O. The summed E-state index contributed by atoms with van der Waals surface area (Å²) in [5, 5.41) is 3.07. The van der Waals surface area contributed by atoms with Crippen molar-refractivity contribution in [3.63, 3.8) is 0 Å². The van der Waals surface area contributed by atoms with E-state index in [4.69, 9.17) is 5.84 Å². The lowest BCUT2D eigenvalue weighted by atomic mass is 9.84. The number of carbonyl (C=O) groups excluding carboxylic acids is 1. The van der Waals surface area contributed by atoms with Crippen molar-refractivity contribution in [2.75, 3.05) is 5.43 Å². The first kappa shape index (κ1) is 15.3. The molecule has 1 atom stereocenters. The van der Waals surface area contributed by atoms with Gasteiger partial charge in [0.1, 0.15) is 0 Å². The van der Waals surface area contributed by atoms with E-state index in [1.165, 1.54) is 32.1 Å². The minimum absolute atomic E-state index is 0.134. The van der Waals surface area contributed by atoms with Crippen LogP contribution in [0, 0.1) is 5.92 Å². The Morgan fingerprint density at radius 3 is 2.80 bits per heavy atom. The molecule has 0 bridgehead atoms. The highest BCUT2D eigenvalue weighted by molar-refractivity contribution is 9.10. The number of nitrogen functional groups attached to an aromatic ring is 1. The van der Waals surface area contributed by atoms with E-state index in [-0.39, 0.29) is 11.9 Å². The third-order valence-corrected chi connectivity index (χ3v) is 4.39. The van der Waals surface area contributed by atoms with Crippen molar-refractivity contribution in [3.8, 4) is 0 Å². The van der Waals surface area contributed by atoms with Gasteiger partial charge in [-0.1, -0.05) is 19.3 Å². The second-order valence-electron chi connectivity index (χ2n) is 5.35. The van der Waals surface area contributed by atoms with Crippen molar-refractivity contribution in [1.82, 2.24) is 10.3 Å². The molecule has 1 aromatic heterocycles. The molecule has 2 rings (SSSR count). The van der Waals surface area contributed by atoms with Crippen LogP contribution in [0.25, 0.3) is 0 Å². The summed E-state index contributed by atoms with van der Waals surface area (Å²) in [6.07, 6.45) is 7.84. The smallest absolute Gasteiger partial charge is 0.255 e. The predicted octanol–water partition coefficient (Wildman–Crippen LogP) is 2.83. The van der Waals surface area contributed by atoms with E-state index in [1.54, 1.807) is 12.3 Å². The average Bonchev–Trinajstić information content (AvgIpc) is 2.48. The van der Waals surface area contributed by atoms with E-state index in [0.29, 0.717) is 17.3 Å². The number of rotatable bonds is 4. The molecule has 0 radical (unpaired) electrons. The van der Waals surface area contributed by atoms with Crippen LogP contribution in [0.1, 0.15) is 49.4 Å². The summed E-state index contributed by atoms with van der Waals surface area (Å²) in [6, 6.07) is 1.90. The molecule has 0 saturated heterocycles. The Bertz CT molecular complexity index is 474. The van der Waals surface area contributed by atoms with Gasteiger partial charge in [-0.2, -0.15) is 0 Å². The highest BCUT2D eigenvalue weighted by atomic mass is 79.9. The fourth-order valence-corrected chi connectivity index (χ4v) is 3.10. The summed E-state index contributed by atoms with van der Waals surface area (Å²) in [7, 11) is 0. The largest absolute Gasteiger partial charge is 0.349 e. The lowest BCUT2D eigenvalue weighted by molar-refractivity contribution is 0.0919. The second-order valence-corrected chi connectivity index (χ2v) is 6.27. The van der Waals surface area contributed by atoms with Gasteiger partial charge >= 0.3 is 0 Å². The van der Waals surface area contributed by atoms with Gasteiger partial charge < -0.3 is 10.7 Å². The zero-order chi connectivity index (χ0) is 14.5.